The number of rotatable bonds is 0. The van der Waals surface area contributed by atoms with Crippen molar-refractivity contribution in [3.05, 3.63) is 0 Å². The van der Waals surface area contributed by atoms with Crippen molar-refractivity contribution in [1.29, 1.82) is 0 Å². The van der Waals surface area contributed by atoms with Gasteiger partial charge in [-0.15, -0.1) is 0 Å². The van der Waals surface area contributed by atoms with Crippen LogP contribution in [0.1, 0.15) is 39.5 Å². The third-order valence-corrected chi connectivity index (χ3v) is 4.13. The van der Waals surface area contributed by atoms with E-state index in [4.69, 9.17) is 0 Å². The van der Waals surface area contributed by atoms with E-state index in [0.29, 0.717) is 0 Å². The quantitative estimate of drug-likeness (QED) is 0.482. The lowest BCUT2D eigenvalue weighted by molar-refractivity contribution is 0.0455. The van der Waals surface area contributed by atoms with Gasteiger partial charge in [-0.3, -0.25) is 0 Å². The van der Waals surface area contributed by atoms with Crippen LogP contribution in [-0.4, -0.2) is 0 Å². The Hall–Kier alpha value is 0. The Kier molecular flexibility index (Phi) is 1.51. The van der Waals surface area contributed by atoms with Gasteiger partial charge in [-0.05, 0) is 49.4 Å². The molecule has 1 unspecified atom stereocenters. The van der Waals surface area contributed by atoms with Crippen LogP contribution in [0.5, 0.6) is 0 Å². The molecule has 0 amide bonds. The summed E-state index contributed by atoms with van der Waals surface area (Å²) >= 11 is 0. The van der Waals surface area contributed by atoms with Gasteiger partial charge in [0.05, 0.1) is 0 Å². The molecule has 0 saturated heterocycles. The Bertz CT molecular complexity index is 100. The molecule has 0 radical (unpaired) electrons. The van der Waals surface area contributed by atoms with E-state index < -0.39 is 0 Å². The molecule has 10 heavy (non-hydrogen) atoms. The van der Waals surface area contributed by atoms with Crippen LogP contribution in [0.4, 0.5) is 0 Å². The smallest absolute Gasteiger partial charge is 0.0386 e. The molecule has 3 aliphatic carbocycles. The van der Waals surface area contributed by atoms with Crippen molar-refractivity contribution >= 4 is 0 Å². The second kappa shape index (κ2) is 2.25. The second-order valence-electron chi connectivity index (χ2n) is 4.39. The van der Waals surface area contributed by atoms with Crippen LogP contribution in [-0.2, 0) is 0 Å². The summed E-state index contributed by atoms with van der Waals surface area (Å²) in [5.41, 5.74) is 0. The Morgan fingerprint density at radius 1 is 0.700 bits per heavy atom. The summed E-state index contributed by atoms with van der Waals surface area (Å²) in [5, 5.41) is 0. The fraction of sp³-hybridized carbons (Fsp3) is 1.00. The standard InChI is InChI=1S/C10H18/c1-7-8(2)10-5-3-9(7)4-6-10/h7-10H,3-6H2,1-2H3/t7-,8?,9?,10?/m0/s1. The largest absolute Gasteiger partial charge is 0.0620 e. The highest BCUT2D eigenvalue weighted by Crippen LogP contribution is 2.48. The first-order valence-electron chi connectivity index (χ1n) is 4.79. The molecule has 0 aliphatic heterocycles. The van der Waals surface area contributed by atoms with E-state index >= 15 is 0 Å². The highest BCUT2D eigenvalue weighted by molar-refractivity contribution is 4.88. The SMILES string of the molecule is CC1C2CCC(CC2)[C@H]1C. The minimum absolute atomic E-state index is 1.03. The van der Waals surface area contributed by atoms with Crippen LogP contribution in [0.3, 0.4) is 0 Å². The van der Waals surface area contributed by atoms with Crippen LogP contribution in [0, 0.1) is 23.7 Å². The summed E-state index contributed by atoms with van der Waals surface area (Å²) in [6.45, 7) is 4.92. The van der Waals surface area contributed by atoms with Gasteiger partial charge < -0.3 is 0 Å². The summed E-state index contributed by atoms with van der Waals surface area (Å²) in [4.78, 5) is 0. The van der Waals surface area contributed by atoms with Crippen molar-refractivity contribution in [2.45, 2.75) is 39.5 Å². The molecule has 0 N–H and O–H groups in total. The molecule has 3 rings (SSSR count). The Morgan fingerprint density at radius 2 is 1.00 bits per heavy atom. The molecular formula is C10H18. The van der Waals surface area contributed by atoms with Crippen molar-refractivity contribution in [2.24, 2.45) is 23.7 Å². The lowest BCUT2D eigenvalue weighted by Gasteiger charge is -2.46. The molecule has 3 aliphatic rings. The highest BCUT2D eigenvalue weighted by Gasteiger charge is 2.38. The maximum atomic E-state index is 2.46. The fourth-order valence-corrected chi connectivity index (χ4v) is 3.06. The third kappa shape index (κ3) is 0.810. The van der Waals surface area contributed by atoms with Gasteiger partial charge in [-0.1, -0.05) is 13.8 Å². The van der Waals surface area contributed by atoms with E-state index in [1.165, 1.54) is 25.7 Å². The molecule has 3 saturated carbocycles. The number of hydrogen-bond acceptors (Lipinski definition) is 0. The number of fused-ring (bicyclic) bond motifs is 3. The average Bonchev–Trinajstić information content (AvgIpc) is 2.00. The maximum absolute atomic E-state index is 2.46. The first-order chi connectivity index (χ1) is 4.79. The number of hydrogen-bond donors (Lipinski definition) is 0. The third-order valence-electron chi connectivity index (χ3n) is 4.13. The lowest BCUT2D eigenvalue weighted by atomic mass is 9.60. The van der Waals surface area contributed by atoms with Gasteiger partial charge in [-0.2, -0.15) is 0 Å². The summed E-state index contributed by atoms with van der Waals surface area (Å²) in [6.07, 6.45) is 6.15. The zero-order valence-electron chi connectivity index (χ0n) is 7.14. The van der Waals surface area contributed by atoms with Crippen molar-refractivity contribution in [3.63, 3.8) is 0 Å². The van der Waals surface area contributed by atoms with Crippen LogP contribution in [0.25, 0.3) is 0 Å². The predicted octanol–water partition coefficient (Wildman–Crippen LogP) is 3.08. The van der Waals surface area contributed by atoms with Gasteiger partial charge in [-0.25, -0.2) is 0 Å². The molecule has 58 valence electrons. The first-order valence-corrected chi connectivity index (χ1v) is 4.79. The normalized spacial score (nSPS) is 53.4. The zero-order valence-corrected chi connectivity index (χ0v) is 7.14. The van der Waals surface area contributed by atoms with Gasteiger partial charge in [0.2, 0.25) is 0 Å². The van der Waals surface area contributed by atoms with Gasteiger partial charge in [0, 0.05) is 0 Å². The highest BCUT2D eigenvalue weighted by atomic mass is 14.4. The van der Waals surface area contributed by atoms with E-state index in [-0.39, 0.29) is 0 Å². The predicted molar refractivity (Wildman–Crippen MR) is 43.8 cm³/mol. The minimum Gasteiger partial charge on any atom is -0.0620 e. The Labute approximate surface area is 64.0 Å². The van der Waals surface area contributed by atoms with Crippen LogP contribution < -0.4 is 0 Å². The summed E-state index contributed by atoms with van der Waals surface area (Å²) in [7, 11) is 0. The van der Waals surface area contributed by atoms with Crippen molar-refractivity contribution in [2.75, 3.05) is 0 Å². The van der Waals surface area contributed by atoms with E-state index in [1.54, 1.807) is 0 Å². The Morgan fingerprint density at radius 3 is 1.20 bits per heavy atom. The van der Waals surface area contributed by atoms with Crippen LogP contribution in [0.15, 0.2) is 0 Å². The zero-order chi connectivity index (χ0) is 7.14. The molecule has 2 atom stereocenters. The van der Waals surface area contributed by atoms with Crippen molar-refractivity contribution < 1.29 is 0 Å². The van der Waals surface area contributed by atoms with Crippen LogP contribution in [0.2, 0.25) is 0 Å². The molecule has 0 aromatic rings. The van der Waals surface area contributed by atoms with Gasteiger partial charge >= 0.3 is 0 Å². The Balaban J connectivity index is 2.13. The molecule has 0 spiro atoms. The summed E-state index contributed by atoms with van der Waals surface area (Å²) in [6, 6.07) is 0. The van der Waals surface area contributed by atoms with Gasteiger partial charge in [0.25, 0.3) is 0 Å². The molecule has 0 heteroatoms. The molecule has 3 fully saturated rings. The molecular weight excluding hydrogens is 120 g/mol. The lowest BCUT2D eigenvalue weighted by Crippen LogP contribution is -2.36. The fourth-order valence-electron chi connectivity index (χ4n) is 3.06. The van der Waals surface area contributed by atoms with E-state index in [1.807, 2.05) is 0 Å². The van der Waals surface area contributed by atoms with Crippen molar-refractivity contribution in [3.8, 4) is 0 Å². The van der Waals surface area contributed by atoms with E-state index in [2.05, 4.69) is 13.8 Å². The second-order valence-corrected chi connectivity index (χ2v) is 4.39. The maximum Gasteiger partial charge on any atom is -0.0386 e. The molecule has 0 heterocycles. The minimum atomic E-state index is 1.03. The molecule has 0 aromatic carbocycles. The average molecular weight is 138 g/mol. The van der Waals surface area contributed by atoms with Gasteiger partial charge in [0.1, 0.15) is 0 Å². The van der Waals surface area contributed by atoms with Crippen LogP contribution >= 0.6 is 0 Å². The summed E-state index contributed by atoms with van der Waals surface area (Å²) < 4.78 is 0. The van der Waals surface area contributed by atoms with E-state index in [9.17, 15) is 0 Å². The molecule has 0 nitrogen and oxygen atoms in total. The monoisotopic (exact) mass is 138 g/mol. The van der Waals surface area contributed by atoms with Crippen molar-refractivity contribution in [1.82, 2.24) is 0 Å². The van der Waals surface area contributed by atoms with E-state index in [0.717, 1.165) is 23.7 Å². The first kappa shape index (κ1) is 6.69. The topological polar surface area (TPSA) is 0 Å². The summed E-state index contributed by atoms with van der Waals surface area (Å²) in [5.74, 6) is 4.26. The molecule has 2 bridgehead atoms. The van der Waals surface area contributed by atoms with Gasteiger partial charge in [0.15, 0.2) is 0 Å². The molecule has 0 aromatic heterocycles.